The van der Waals surface area contributed by atoms with Gasteiger partial charge in [0.1, 0.15) is 5.60 Å². The van der Waals surface area contributed by atoms with Crippen LogP contribution in [0.25, 0.3) is 0 Å². The van der Waals surface area contributed by atoms with Crippen molar-refractivity contribution in [3.63, 3.8) is 0 Å². The molecule has 0 aromatic carbocycles. The number of rotatable bonds is 0. The van der Waals surface area contributed by atoms with Crippen LogP contribution in [0.1, 0.15) is 39.5 Å². The Morgan fingerprint density at radius 3 is 2.53 bits per heavy atom. The molecular formula is C13H18O2. The summed E-state index contributed by atoms with van der Waals surface area (Å²) in [4.78, 5) is 12.1. The lowest BCUT2D eigenvalue weighted by atomic mass is 9.57. The van der Waals surface area contributed by atoms with Crippen LogP contribution in [0.2, 0.25) is 0 Å². The third kappa shape index (κ3) is 1.20. The Balaban J connectivity index is 1.99. The van der Waals surface area contributed by atoms with Crippen molar-refractivity contribution in [3.05, 3.63) is 12.2 Å². The monoisotopic (exact) mass is 206 g/mol. The highest BCUT2D eigenvalue weighted by Crippen LogP contribution is 2.57. The summed E-state index contributed by atoms with van der Waals surface area (Å²) in [6.45, 7) is 4.07. The largest absolute Gasteiger partial charge is 0.459 e. The maximum absolute atomic E-state index is 12.1. The van der Waals surface area contributed by atoms with E-state index in [1.54, 1.807) is 0 Å². The van der Waals surface area contributed by atoms with Crippen molar-refractivity contribution in [1.82, 2.24) is 0 Å². The number of ether oxygens (including phenoxy) is 1. The van der Waals surface area contributed by atoms with E-state index in [0.717, 1.165) is 12.8 Å². The van der Waals surface area contributed by atoms with Crippen LogP contribution in [0, 0.1) is 17.3 Å². The highest BCUT2D eigenvalue weighted by Gasteiger charge is 2.59. The first-order chi connectivity index (χ1) is 7.02. The number of fused-ring (bicyclic) bond motifs is 1. The number of carbonyl (C=O) groups is 1. The fourth-order valence-corrected chi connectivity index (χ4v) is 3.79. The van der Waals surface area contributed by atoms with Gasteiger partial charge in [-0.1, -0.05) is 12.2 Å². The van der Waals surface area contributed by atoms with Gasteiger partial charge < -0.3 is 4.74 Å². The lowest BCUT2D eigenvalue weighted by Gasteiger charge is -2.43. The Bertz CT molecular complexity index is 342. The van der Waals surface area contributed by atoms with Crippen molar-refractivity contribution < 1.29 is 9.53 Å². The molecule has 82 valence electrons. The molecule has 0 aromatic heterocycles. The quantitative estimate of drug-likeness (QED) is 0.450. The molecule has 0 aromatic rings. The second-order valence-corrected chi connectivity index (χ2v) is 6.02. The molecule has 1 saturated carbocycles. The fourth-order valence-electron chi connectivity index (χ4n) is 3.79. The van der Waals surface area contributed by atoms with Gasteiger partial charge in [-0.2, -0.15) is 0 Å². The number of hydrogen-bond donors (Lipinski definition) is 0. The maximum atomic E-state index is 12.1. The van der Waals surface area contributed by atoms with Crippen molar-refractivity contribution in [3.8, 4) is 0 Å². The lowest BCUT2D eigenvalue weighted by molar-refractivity contribution is -0.155. The van der Waals surface area contributed by atoms with Gasteiger partial charge in [-0.05, 0) is 44.9 Å². The lowest BCUT2D eigenvalue weighted by Crippen LogP contribution is -2.42. The average molecular weight is 206 g/mol. The van der Waals surface area contributed by atoms with Crippen LogP contribution in [-0.2, 0) is 9.53 Å². The fraction of sp³-hybridized carbons (Fsp3) is 0.769. The van der Waals surface area contributed by atoms with Crippen molar-refractivity contribution >= 4 is 5.97 Å². The molecular weight excluding hydrogens is 188 g/mol. The molecule has 1 saturated heterocycles. The van der Waals surface area contributed by atoms with E-state index in [9.17, 15) is 4.79 Å². The number of hydrogen-bond acceptors (Lipinski definition) is 2. The normalized spacial score (nSPS) is 46.1. The molecule has 0 amide bonds. The van der Waals surface area contributed by atoms with Crippen molar-refractivity contribution in [2.75, 3.05) is 0 Å². The van der Waals surface area contributed by atoms with Gasteiger partial charge in [-0.3, -0.25) is 4.79 Å². The average Bonchev–Trinajstić information content (AvgIpc) is 2.38. The Hall–Kier alpha value is -0.790. The zero-order valence-electron chi connectivity index (χ0n) is 9.45. The molecule has 2 bridgehead atoms. The van der Waals surface area contributed by atoms with Gasteiger partial charge in [0.15, 0.2) is 0 Å². The minimum Gasteiger partial charge on any atom is -0.459 e. The second-order valence-electron chi connectivity index (χ2n) is 6.02. The summed E-state index contributed by atoms with van der Waals surface area (Å²) in [7, 11) is 0. The van der Waals surface area contributed by atoms with E-state index in [-0.39, 0.29) is 17.0 Å². The van der Waals surface area contributed by atoms with E-state index >= 15 is 0 Å². The van der Waals surface area contributed by atoms with Gasteiger partial charge in [0.25, 0.3) is 0 Å². The zero-order chi connectivity index (χ0) is 10.7. The van der Waals surface area contributed by atoms with Crippen LogP contribution in [-0.4, -0.2) is 11.6 Å². The third-order valence-corrected chi connectivity index (χ3v) is 4.32. The minimum atomic E-state index is -0.248. The summed E-state index contributed by atoms with van der Waals surface area (Å²) in [5, 5.41) is 0. The highest BCUT2D eigenvalue weighted by atomic mass is 16.6. The first kappa shape index (κ1) is 9.44. The van der Waals surface area contributed by atoms with E-state index in [4.69, 9.17) is 4.74 Å². The van der Waals surface area contributed by atoms with Gasteiger partial charge in [0.05, 0.1) is 5.41 Å². The Kier molecular flexibility index (Phi) is 1.67. The summed E-state index contributed by atoms with van der Waals surface area (Å²) in [6.07, 6.45) is 8.93. The molecule has 2 nitrogen and oxygen atoms in total. The van der Waals surface area contributed by atoms with Gasteiger partial charge in [0, 0.05) is 6.42 Å². The van der Waals surface area contributed by atoms with Gasteiger partial charge in [-0.25, -0.2) is 0 Å². The predicted octanol–water partition coefficient (Wildman–Crippen LogP) is 2.68. The Morgan fingerprint density at radius 1 is 1.33 bits per heavy atom. The standard InChI is InChI=1S/C13H18O2/c1-12(2)8-13(11(14)15-12)7-9-3-5-10(13)6-4-9/h3,5,9-10H,4,6-8H2,1-2H3/t9?,10-,13?/m0/s1. The van der Waals surface area contributed by atoms with E-state index in [2.05, 4.69) is 12.2 Å². The molecule has 1 aliphatic heterocycles. The molecule has 2 fully saturated rings. The highest BCUT2D eigenvalue weighted by molar-refractivity contribution is 5.81. The van der Waals surface area contributed by atoms with Gasteiger partial charge >= 0.3 is 5.97 Å². The summed E-state index contributed by atoms with van der Waals surface area (Å²) in [6, 6.07) is 0. The van der Waals surface area contributed by atoms with E-state index in [0.29, 0.717) is 11.8 Å². The molecule has 15 heavy (non-hydrogen) atoms. The first-order valence-corrected chi connectivity index (χ1v) is 5.94. The predicted molar refractivity (Wildman–Crippen MR) is 57.2 cm³/mol. The van der Waals surface area contributed by atoms with Gasteiger partial charge in [-0.15, -0.1) is 0 Å². The molecule has 0 radical (unpaired) electrons. The zero-order valence-corrected chi connectivity index (χ0v) is 9.45. The summed E-state index contributed by atoms with van der Waals surface area (Å²) in [5.74, 6) is 1.12. The van der Waals surface area contributed by atoms with E-state index in [1.165, 1.54) is 12.8 Å². The van der Waals surface area contributed by atoms with E-state index in [1.807, 2.05) is 13.8 Å². The molecule has 2 heteroatoms. The van der Waals surface area contributed by atoms with Crippen molar-refractivity contribution in [1.29, 1.82) is 0 Å². The molecule has 3 atom stereocenters. The maximum Gasteiger partial charge on any atom is 0.313 e. The van der Waals surface area contributed by atoms with Crippen LogP contribution in [0.4, 0.5) is 0 Å². The molecule has 1 heterocycles. The van der Waals surface area contributed by atoms with Gasteiger partial charge in [0.2, 0.25) is 0 Å². The number of allylic oxidation sites excluding steroid dienone is 2. The number of esters is 1. The van der Waals surface area contributed by atoms with Crippen LogP contribution in [0.15, 0.2) is 12.2 Å². The smallest absolute Gasteiger partial charge is 0.313 e. The molecule has 2 unspecified atom stereocenters. The summed E-state index contributed by atoms with van der Waals surface area (Å²) < 4.78 is 5.52. The SMILES string of the molecule is CC1(C)CC2(CC3C=C[C@H]2CC3)C(=O)O1. The molecule has 0 N–H and O–H groups in total. The van der Waals surface area contributed by atoms with Crippen LogP contribution < -0.4 is 0 Å². The van der Waals surface area contributed by atoms with Crippen molar-refractivity contribution in [2.24, 2.45) is 17.3 Å². The Morgan fingerprint density at radius 2 is 2.13 bits per heavy atom. The molecule has 4 rings (SSSR count). The van der Waals surface area contributed by atoms with Crippen LogP contribution >= 0.6 is 0 Å². The third-order valence-electron chi connectivity index (χ3n) is 4.32. The van der Waals surface area contributed by atoms with E-state index < -0.39 is 0 Å². The molecule has 3 aliphatic carbocycles. The minimum absolute atomic E-state index is 0.0616. The number of cyclic esters (lactones) is 1. The number of carbonyl (C=O) groups excluding carboxylic acids is 1. The summed E-state index contributed by atoms with van der Waals surface area (Å²) >= 11 is 0. The van der Waals surface area contributed by atoms with Crippen LogP contribution in [0.3, 0.4) is 0 Å². The topological polar surface area (TPSA) is 26.3 Å². The Labute approximate surface area is 90.7 Å². The first-order valence-electron chi connectivity index (χ1n) is 5.94. The summed E-state index contributed by atoms with van der Waals surface area (Å²) in [5.41, 5.74) is -0.413. The van der Waals surface area contributed by atoms with Crippen molar-refractivity contribution in [2.45, 2.75) is 45.1 Å². The second kappa shape index (κ2) is 2.66. The van der Waals surface area contributed by atoms with Crippen LogP contribution in [0.5, 0.6) is 0 Å². The molecule has 4 aliphatic rings. The molecule has 1 spiro atoms.